The van der Waals surface area contributed by atoms with Gasteiger partial charge in [-0.1, -0.05) is 24.3 Å². The lowest BCUT2D eigenvalue weighted by Gasteiger charge is -2.03. The molecule has 0 spiro atoms. The molecule has 0 atom stereocenters. The predicted octanol–water partition coefficient (Wildman–Crippen LogP) is 2.42. The van der Waals surface area contributed by atoms with Crippen LogP contribution in [0.15, 0.2) is 18.8 Å². The molecule has 58 valence electrons. The van der Waals surface area contributed by atoms with E-state index in [0.29, 0.717) is 5.15 Å². The molecule has 0 amide bonds. The van der Waals surface area contributed by atoms with E-state index in [-0.39, 0.29) is 0 Å². The number of nitrogens with zero attached hydrogens (tertiary/aromatic N) is 1. The van der Waals surface area contributed by atoms with Crippen LogP contribution in [0.2, 0.25) is 5.15 Å². The summed E-state index contributed by atoms with van der Waals surface area (Å²) in [4.78, 5) is 3.91. The Kier molecular flexibility index (Phi) is 2.49. The third-order valence-corrected chi connectivity index (χ3v) is 1.60. The Morgan fingerprint density at radius 1 is 1.73 bits per heavy atom. The van der Waals surface area contributed by atoms with Crippen molar-refractivity contribution in [2.75, 3.05) is 12.4 Å². The lowest BCUT2D eigenvalue weighted by molar-refractivity contribution is 1.30. The van der Waals surface area contributed by atoms with E-state index in [0.717, 1.165) is 11.3 Å². The van der Waals surface area contributed by atoms with E-state index >= 15 is 0 Å². The lowest BCUT2D eigenvalue weighted by Crippen LogP contribution is -1.92. The smallest absolute Gasteiger partial charge is 0.131 e. The molecule has 3 heteroatoms. The number of hydrogen-bond donors (Lipinski definition) is 1. The van der Waals surface area contributed by atoms with Crippen molar-refractivity contribution in [3.63, 3.8) is 0 Å². The fraction of sp³-hybridized carbons (Fsp3) is 0.125. The Morgan fingerprint density at radius 3 is 3.00 bits per heavy atom. The van der Waals surface area contributed by atoms with Gasteiger partial charge in [0.25, 0.3) is 0 Å². The first-order valence-corrected chi connectivity index (χ1v) is 3.61. The Morgan fingerprint density at radius 2 is 2.45 bits per heavy atom. The summed E-state index contributed by atoms with van der Waals surface area (Å²) < 4.78 is 0. The number of hydrogen-bond acceptors (Lipinski definition) is 2. The van der Waals surface area contributed by atoms with Crippen LogP contribution in [0.1, 0.15) is 5.56 Å². The fourth-order valence-electron chi connectivity index (χ4n) is 0.820. The molecule has 2 nitrogen and oxygen atoms in total. The first-order valence-electron chi connectivity index (χ1n) is 3.23. The summed E-state index contributed by atoms with van der Waals surface area (Å²) in [6.07, 6.45) is 3.41. The van der Waals surface area contributed by atoms with Crippen LogP contribution in [-0.4, -0.2) is 12.0 Å². The van der Waals surface area contributed by atoms with Gasteiger partial charge in [0.2, 0.25) is 0 Å². The first-order chi connectivity index (χ1) is 5.27. The van der Waals surface area contributed by atoms with Crippen molar-refractivity contribution in [1.82, 2.24) is 4.98 Å². The van der Waals surface area contributed by atoms with Crippen LogP contribution in [0.25, 0.3) is 6.08 Å². The van der Waals surface area contributed by atoms with Gasteiger partial charge in [-0.2, -0.15) is 0 Å². The predicted molar refractivity (Wildman–Crippen MR) is 48.9 cm³/mol. The highest BCUT2D eigenvalue weighted by molar-refractivity contribution is 6.29. The molecule has 0 aromatic carbocycles. The highest BCUT2D eigenvalue weighted by atomic mass is 35.5. The maximum Gasteiger partial charge on any atom is 0.131 e. The van der Waals surface area contributed by atoms with Gasteiger partial charge in [-0.3, -0.25) is 0 Å². The largest absolute Gasteiger partial charge is 0.388 e. The standard InChI is InChI=1S/C8H9ClN2/c1-3-6-5-11-8(9)4-7(6)10-2/h3-5H,1H2,2H3,(H,10,11). The van der Waals surface area contributed by atoms with Gasteiger partial charge in [-0.25, -0.2) is 4.98 Å². The molecular weight excluding hydrogens is 160 g/mol. The summed E-state index contributed by atoms with van der Waals surface area (Å²) in [5.74, 6) is 0. The van der Waals surface area contributed by atoms with E-state index in [1.165, 1.54) is 0 Å². The average molecular weight is 169 g/mol. The Labute approximate surface area is 70.9 Å². The first kappa shape index (κ1) is 8.08. The normalized spacial score (nSPS) is 9.27. The molecular formula is C8H9ClN2. The van der Waals surface area contributed by atoms with Crippen LogP contribution < -0.4 is 5.32 Å². The van der Waals surface area contributed by atoms with E-state index < -0.39 is 0 Å². The minimum atomic E-state index is 0.486. The van der Waals surface area contributed by atoms with Crippen molar-refractivity contribution in [2.45, 2.75) is 0 Å². The van der Waals surface area contributed by atoms with Gasteiger partial charge < -0.3 is 5.32 Å². The van der Waals surface area contributed by atoms with Crippen LogP contribution >= 0.6 is 11.6 Å². The molecule has 0 aliphatic rings. The van der Waals surface area contributed by atoms with Crippen LogP contribution in [0.3, 0.4) is 0 Å². The monoisotopic (exact) mass is 168 g/mol. The maximum atomic E-state index is 5.67. The molecule has 0 radical (unpaired) electrons. The average Bonchev–Trinajstić information content (AvgIpc) is 2.04. The highest BCUT2D eigenvalue weighted by Crippen LogP contribution is 2.18. The maximum absolute atomic E-state index is 5.67. The van der Waals surface area contributed by atoms with Gasteiger partial charge in [0.15, 0.2) is 0 Å². The van der Waals surface area contributed by atoms with Crippen molar-refractivity contribution in [3.05, 3.63) is 29.6 Å². The lowest BCUT2D eigenvalue weighted by atomic mass is 10.2. The zero-order valence-corrected chi connectivity index (χ0v) is 7.02. The van der Waals surface area contributed by atoms with E-state index in [2.05, 4.69) is 16.9 Å². The minimum Gasteiger partial charge on any atom is -0.388 e. The number of pyridine rings is 1. The molecule has 1 rings (SSSR count). The van der Waals surface area contributed by atoms with E-state index in [4.69, 9.17) is 11.6 Å². The number of aromatic nitrogens is 1. The summed E-state index contributed by atoms with van der Waals surface area (Å²) >= 11 is 5.67. The topological polar surface area (TPSA) is 24.9 Å². The van der Waals surface area contributed by atoms with Crippen LogP contribution in [-0.2, 0) is 0 Å². The third kappa shape index (κ3) is 1.71. The molecule has 11 heavy (non-hydrogen) atoms. The van der Waals surface area contributed by atoms with E-state index in [9.17, 15) is 0 Å². The zero-order valence-electron chi connectivity index (χ0n) is 6.26. The number of halogens is 1. The summed E-state index contributed by atoms with van der Waals surface area (Å²) in [6, 6.07) is 1.76. The molecule has 1 N–H and O–H groups in total. The van der Waals surface area contributed by atoms with Crippen molar-refractivity contribution in [3.8, 4) is 0 Å². The van der Waals surface area contributed by atoms with Gasteiger partial charge in [0, 0.05) is 24.5 Å². The van der Waals surface area contributed by atoms with Gasteiger partial charge in [0.1, 0.15) is 5.15 Å². The highest BCUT2D eigenvalue weighted by Gasteiger charge is 1.97. The molecule has 0 saturated heterocycles. The summed E-state index contributed by atoms with van der Waals surface area (Å²) in [6.45, 7) is 3.65. The molecule has 1 aromatic heterocycles. The molecule has 0 saturated carbocycles. The van der Waals surface area contributed by atoms with Crippen molar-refractivity contribution < 1.29 is 0 Å². The Balaban J connectivity index is 3.16. The van der Waals surface area contributed by atoms with Gasteiger partial charge >= 0.3 is 0 Å². The molecule has 0 unspecified atom stereocenters. The summed E-state index contributed by atoms with van der Waals surface area (Å²) in [5, 5.41) is 3.48. The number of anilines is 1. The second-order valence-electron chi connectivity index (χ2n) is 2.05. The number of nitrogens with one attached hydrogen (secondary N) is 1. The van der Waals surface area contributed by atoms with Crippen molar-refractivity contribution in [1.29, 1.82) is 0 Å². The second kappa shape index (κ2) is 3.39. The van der Waals surface area contributed by atoms with Gasteiger partial charge in [-0.05, 0) is 6.07 Å². The SMILES string of the molecule is C=Cc1cnc(Cl)cc1NC. The third-order valence-electron chi connectivity index (χ3n) is 1.39. The van der Waals surface area contributed by atoms with E-state index in [1.54, 1.807) is 18.3 Å². The van der Waals surface area contributed by atoms with Crippen molar-refractivity contribution >= 4 is 23.4 Å². The molecule has 1 heterocycles. The molecule has 0 fully saturated rings. The zero-order chi connectivity index (χ0) is 8.27. The van der Waals surface area contributed by atoms with Crippen molar-refractivity contribution in [2.24, 2.45) is 0 Å². The molecule has 1 aromatic rings. The van der Waals surface area contributed by atoms with Crippen LogP contribution in [0.5, 0.6) is 0 Å². The van der Waals surface area contributed by atoms with Crippen LogP contribution in [0.4, 0.5) is 5.69 Å². The molecule has 0 aliphatic heterocycles. The van der Waals surface area contributed by atoms with E-state index in [1.807, 2.05) is 7.05 Å². The fourth-order valence-corrected chi connectivity index (χ4v) is 0.978. The Hall–Kier alpha value is -1.02. The summed E-state index contributed by atoms with van der Waals surface area (Å²) in [7, 11) is 1.83. The Bertz CT molecular complexity index is 271. The van der Waals surface area contributed by atoms with Gasteiger partial charge in [0.05, 0.1) is 0 Å². The second-order valence-corrected chi connectivity index (χ2v) is 2.44. The minimum absolute atomic E-state index is 0.486. The summed E-state index contributed by atoms with van der Waals surface area (Å²) in [5.41, 5.74) is 1.90. The van der Waals surface area contributed by atoms with Crippen LogP contribution in [0, 0.1) is 0 Å². The van der Waals surface area contributed by atoms with Gasteiger partial charge in [-0.15, -0.1) is 0 Å². The molecule has 0 bridgehead atoms. The quantitative estimate of drug-likeness (QED) is 0.687. The number of rotatable bonds is 2. The molecule has 0 aliphatic carbocycles.